The molecule has 1 fully saturated rings. The molecule has 1 aliphatic rings. The van der Waals surface area contributed by atoms with Crippen LogP contribution < -0.4 is 4.90 Å². The monoisotopic (exact) mass is 212 g/mol. The highest BCUT2D eigenvalue weighted by Crippen LogP contribution is 2.09. The molecule has 0 spiro atoms. The number of quaternary nitrogens is 1. The minimum Gasteiger partial charge on any atom is -0.370 e. The van der Waals surface area contributed by atoms with E-state index in [1.807, 2.05) is 18.2 Å². The van der Waals surface area contributed by atoms with Gasteiger partial charge in [-0.3, -0.25) is 0 Å². The number of morpholine rings is 1. The van der Waals surface area contributed by atoms with Crippen LogP contribution in [0.2, 0.25) is 5.02 Å². The zero-order valence-electron chi connectivity index (χ0n) is 8.13. The van der Waals surface area contributed by atoms with Crippen LogP contribution in [0.1, 0.15) is 5.56 Å². The Bertz CT molecular complexity index is 297. The summed E-state index contributed by atoms with van der Waals surface area (Å²) in [6, 6.07) is 8.11. The summed E-state index contributed by atoms with van der Waals surface area (Å²) in [5.41, 5.74) is 1.31. The van der Waals surface area contributed by atoms with Gasteiger partial charge in [0.2, 0.25) is 0 Å². The van der Waals surface area contributed by atoms with Crippen LogP contribution in [0.25, 0.3) is 0 Å². The quantitative estimate of drug-likeness (QED) is 0.764. The van der Waals surface area contributed by atoms with Gasteiger partial charge in [-0.15, -0.1) is 0 Å². The van der Waals surface area contributed by atoms with Crippen molar-refractivity contribution in [3.63, 3.8) is 0 Å². The summed E-state index contributed by atoms with van der Waals surface area (Å²) in [7, 11) is 0. The predicted molar refractivity (Wildman–Crippen MR) is 56.7 cm³/mol. The van der Waals surface area contributed by atoms with Crippen molar-refractivity contribution < 1.29 is 9.64 Å². The predicted octanol–water partition coefficient (Wildman–Crippen LogP) is 0.755. The first-order valence-corrected chi connectivity index (χ1v) is 5.38. The van der Waals surface area contributed by atoms with Crippen LogP contribution in [0.4, 0.5) is 0 Å². The van der Waals surface area contributed by atoms with E-state index in [2.05, 4.69) is 6.07 Å². The van der Waals surface area contributed by atoms with E-state index in [9.17, 15) is 0 Å². The molecule has 0 atom stereocenters. The molecule has 1 saturated heterocycles. The highest BCUT2D eigenvalue weighted by molar-refractivity contribution is 6.30. The summed E-state index contributed by atoms with van der Waals surface area (Å²) in [4.78, 5) is 1.58. The van der Waals surface area contributed by atoms with Gasteiger partial charge in [-0.1, -0.05) is 23.7 Å². The summed E-state index contributed by atoms with van der Waals surface area (Å²) in [6.07, 6.45) is 0. The molecule has 0 unspecified atom stereocenters. The summed E-state index contributed by atoms with van der Waals surface area (Å²) in [6.45, 7) is 5.04. The molecule has 1 N–H and O–H groups in total. The van der Waals surface area contributed by atoms with Crippen LogP contribution in [0.15, 0.2) is 24.3 Å². The number of hydrogen-bond acceptors (Lipinski definition) is 1. The van der Waals surface area contributed by atoms with Gasteiger partial charge in [0.1, 0.15) is 19.6 Å². The van der Waals surface area contributed by atoms with Crippen molar-refractivity contribution in [1.29, 1.82) is 0 Å². The molecule has 1 heterocycles. The molecule has 1 aliphatic heterocycles. The van der Waals surface area contributed by atoms with Crippen LogP contribution in [-0.4, -0.2) is 26.3 Å². The number of hydrogen-bond donors (Lipinski definition) is 1. The molecule has 14 heavy (non-hydrogen) atoms. The van der Waals surface area contributed by atoms with Gasteiger partial charge in [-0.05, 0) is 12.1 Å². The average Bonchev–Trinajstić information content (AvgIpc) is 2.19. The van der Waals surface area contributed by atoms with Crippen molar-refractivity contribution >= 4 is 11.6 Å². The first kappa shape index (κ1) is 9.97. The summed E-state index contributed by atoms with van der Waals surface area (Å²) < 4.78 is 5.31. The Hall–Kier alpha value is -0.570. The third-order valence-electron chi connectivity index (χ3n) is 2.54. The maximum absolute atomic E-state index is 5.93. The molecule has 0 aliphatic carbocycles. The standard InChI is InChI=1S/C11H14ClNO/c12-11-3-1-2-10(8-11)9-13-4-6-14-7-5-13/h1-3,8H,4-7,9H2/p+1. The van der Waals surface area contributed by atoms with Crippen LogP contribution in [-0.2, 0) is 11.3 Å². The zero-order valence-corrected chi connectivity index (χ0v) is 8.89. The minimum absolute atomic E-state index is 0.829. The fourth-order valence-corrected chi connectivity index (χ4v) is 1.99. The molecule has 0 bridgehead atoms. The second kappa shape index (κ2) is 4.78. The van der Waals surface area contributed by atoms with Crippen LogP contribution in [0.5, 0.6) is 0 Å². The Kier molecular flexibility index (Phi) is 3.40. The lowest BCUT2D eigenvalue weighted by Crippen LogP contribution is -3.12. The second-order valence-corrected chi connectivity index (χ2v) is 4.11. The van der Waals surface area contributed by atoms with Crippen LogP contribution in [0, 0.1) is 0 Å². The van der Waals surface area contributed by atoms with E-state index in [-0.39, 0.29) is 0 Å². The number of nitrogens with one attached hydrogen (secondary N) is 1. The van der Waals surface area contributed by atoms with Gasteiger partial charge in [-0.25, -0.2) is 0 Å². The molecule has 3 heteroatoms. The zero-order chi connectivity index (χ0) is 9.80. The summed E-state index contributed by atoms with van der Waals surface area (Å²) >= 11 is 5.93. The molecule has 0 aromatic heterocycles. The molecule has 0 saturated carbocycles. The third-order valence-corrected chi connectivity index (χ3v) is 2.78. The Morgan fingerprint density at radius 3 is 2.79 bits per heavy atom. The molecule has 1 aromatic carbocycles. The SMILES string of the molecule is Clc1cccc(C[NH+]2CCOCC2)c1. The Labute approximate surface area is 89.4 Å². The van der Waals surface area contributed by atoms with E-state index in [4.69, 9.17) is 16.3 Å². The smallest absolute Gasteiger partial charge is 0.103 e. The normalized spacial score (nSPS) is 18.4. The minimum atomic E-state index is 0.829. The van der Waals surface area contributed by atoms with Crippen molar-refractivity contribution in [2.45, 2.75) is 6.54 Å². The molecule has 1 aromatic rings. The first-order valence-electron chi connectivity index (χ1n) is 5.00. The number of rotatable bonds is 2. The summed E-state index contributed by atoms with van der Waals surface area (Å²) in [5.74, 6) is 0. The lowest BCUT2D eigenvalue weighted by atomic mass is 10.2. The van der Waals surface area contributed by atoms with E-state index < -0.39 is 0 Å². The number of benzene rings is 1. The van der Waals surface area contributed by atoms with E-state index in [0.29, 0.717) is 0 Å². The maximum atomic E-state index is 5.93. The topological polar surface area (TPSA) is 13.7 Å². The van der Waals surface area contributed by atoms with Gasteiger partial charge in [0, 0.05) is 10.6 Å². The highest BCUT2D eigenvalue weighted by Gasteiger charge is 2.13. The number of ether oxygens (including phenoxy) is 1. The largest absolute Gasteiger partial charge is 0.370 e. The Morgan fingerprint density at radius 1 is 1.29 bits per heavy atom. The van der Waals surface area contributed by atoms with Gasteiger partial charge in [0.25, 0.3) is 0 Å². The molecule has 0 amide bonds. The fourth-order valence-electron chi connectivity index (χ4n) is 1.77. The maximum Gasteiger partial charge on any atom is 0.103 e. The third kappa shape index (κ3) is 2.71. The highest BCUT2D eigenvalue weighted by atomic mass is 35.5. The van der Waals surface area contributed by atoms with Gasteiger partial charge >= 0.3 is 0 Å². The lowest BCUT2D eigenvalue weighted by molar-refractivity contribution is -0.921. The second-order valence-electron chi connectivity index (χ2n) is 3.67. The van der Waals surface area contributed by atoms with Gasteiger partial charge in [0.05, 0.1) is 13.2 Å². The lowest BCUT2D eigenvalue weighted by Gasteiger charge is -2.23. The van der Waals surface area contributed by atoms with Crippen LogP contribution in [0.3, 0.4) is 0 Å². The van der Waals surface area contributed by atoms with Crippen molar-refractivity contribution in [2.75, 3.05) is 26.3 Å². The van der Waals surface area contributed by atoms with Crippen molar-refractivity contribution in [3.8, 4) is 0 Å². The van der Waals surface area contributed by atoms with Gasteiger partial charge < -0.3 is 9.64 Å². The molecule has 2 nitrogen and oxygen atoms in total. The summed E-state index contributed by atoms with van der Waals surface area (Å²) in [5, 5.41) is 0.829. The van der Waals surface area contributed by atoms with Gasteiger partial charge in [0.15, 0.2) is 0 Å². The van der Waals surface area contributed by atoms with Crippen molar-refractivity contribution in [1.82, 2.24) is 0 Å². The van der Waals surface area contributed by atoms with E-state index in [1.165, 1.54) is 5.56 Å². The molecule has 0 radical (unpaired) electrons. The molecular formula is C11H15ClNO+. The van der Waals surface area contributed by atoms with E-state index in [1.54, 1.807) is 4.90 Å². The van der Waals surface area contributed by atoms with Crippen molar-refractivity contribution in [2.24, 2.45) is 0 Å². The van der Waals surface area contributed by atoms with E-state index in [0.717, 1.165) is 37.9 Å². The van der Waals surface area contributed by atoms with Gasteiger partial charge in [-0.2, -0.15) is 0 Å². The van der Waals surface area contributed by atoms with Crippen LogP contribution >= 0.6 is 11.6 Å². The fraction of sp³-hybridized carbons (Fsp3) is 0.455. The van der Waals surface area contributed by atoms with E-state index >= 15 is 0 Å². The average molecular weight is 213 g/mol. The molecular weight excluding hydrogens is 198 g/mol. The number of halogens is 1. The molecule has 76 valence electrons. The Morgan fingerprint density at radius 2 is 2.07 bits per heavy atom. The Balaban J connectivity index is 1.95. The molecule has 2 rings (SSSR count). The van der Waals surface area contributed by atoms with Crippen molar-refractivity contribution in [3.05, 3.63) is 34.9 Å². The first-order chi connectivity index (χ1) is 6.84.